The van der Waals surface area contributed by atoms with Crippen LogP contribution in [0.1, 0.15) is 21.6 Å². The number of amides is 1. The summed E-state index contributed by atoms with van der Waals surface area (Å²) >= 11 is 0. The summed E-state index contributed by atoms with van der Waals surface area (Å²) in [5.41, 5.74) is 2.40. The molecule has 3 rings (SSSR count). The number of aromatic nitrogens is 2. The molecular formula is C20H17N5O. The van der Waals surface area contributed by atoms with Gasteiger partial charge in [-0.1, -0.05) is 42.5 Å². The third-order valence-electron chi connectivity index (χ3n) is 3.78. The van der Waals surface area contributed by atoms with Crippen molar-refractivity contribution in [3.05, 3.63) is 83.7 Å². The van der Waals surface area contributed by atoms with Gasteiger partial charge in [0.25, 0.3) is 5.91 Å². The van der Waals surface area contributed by atoms with Crippen molar-refractivity contribution >= 4 is 17.5 Å². The minimum Gasteiger partial charge on any atom is -0.336 e. The lowest BCUT2D eigenvalue weighted by molar-refractivity contribution is 0.0779. The molecule has 0 atom stereocenters. The number of nitriles is 1. The van der Waals surface area contributed by atoms with Crippen LogP contribution < -0.4 is 5.32 Å². The van der Waals surface area contributed by atoms with E-state index < -0.39 is 0 Å². The van der Waals surface area contributed by atoms with Crippen molar-refractivity contribution in [1.29, 1.82) is 5.26 Å². The van der Waals surface area contributed by atoms with Crippen molar-refractivity contribution in [2.75, 3.05) is 12.4 Å². The number of para-hydroxylation sites is 1. The van der Waals surface area contributed by atoms with E-state index in [1.807, 2.05) is 36.4 Å². The third kappa shape index (κ3) is 4.02. The van der Waals surface area contributed by atoms with E-state index in [1.54, 1.807) is 36.2 Å². The fourth-order valence-electron chi connectivity index (χ4n) is 2.47. The van der Waals surface area contributed by atoms with Gasteiger partial charge in [-0.05, 0) is 23.8 Å². The predicted molar refractivity (Wildman–Crippen MR) is 98.7 cm³/mol. The Kier molecular flexibility index (Phi) is 5.20. The molecule has 0 bridgehead atoms. The first-order chi connectivity index (χ1) is 12.7. The summed E-state index contributed by atoms with van der Waals surface area (Å²) in [6.07, 6.45) is 1.52. The van der Waals surface area contributed by atoms with Crippen molar-refractivity contribution < 1.29 is 4.79 Å². The highest BCUT2D eigenvalue weighted by Gasteiger charge is 2.15. The first-order valence-electron chi connectivity index (χ1n) is 8.06. The van der Waals surface area contributed by atoms with Crippen LogP contribution in [0.15, 0.2) is 66.9 Å². The second-order valence-corrected chi connectivity index (χ2v) is 5.69. The molecule has 128 valence electrons. The Balaban J connectivity index is 1.76. The molecule has 0 aliphatic rings. The maximum atomic E-state index is 12.6. The Labute approximate surface area is 151 Å². The quantitative estimate of drug-likeness (QED) is 0.768. The van der Waals surface area contributed by atoms with Gasteiger partial charge in [0.1, 0.15) is 11.8 Å². The smallest absolute Gasteiger partial charge is 0.272 e. The molecular weight excluding hydrogens is 326 g/mol. The van der Waals surface area contributed by atoms with Crippen LogP contribution >= 0.6 is 0 Å². The van der Waals surface area contributed by atoms with Gasteiger partial charge in [-0.25, -0.2) is 9.97 Å². The topological polar surface area (TPSA) is 81.9 Å². The summed E-state index contributed by atoms with van der Waals surface area (Å²) in [6.45, 7) is 0.490. The van der Waals surface area contributed by atoms with Crippen LogP contribution in [0.5, 0.6) is 0 Å². The number of nitrogens with one attached hydrogen (secondary N) is 1. The molecule has 3 aromatic rings. The van der Waals surface area contributed by atoms with Crippen molar-refractivity contribution in [1.82, 2.24) is 14.9 Å². The number of hydrogen-bond donors (Lipinski definition) is 1. The molecule has 0 aliphatic heterocycles. The van der Waals surface area contributed by atoms with E-state index in [1.165, 1.54) is 6.20 Å². The van der Waals surface area contributed by atoms with Crippen molar-refractivity contribution in [3.8, 4) is 6.07 Å². The zero-order valence-corrected chi connectivity index (χ0v) is 14.3. The van der Waals surface area contributed by atoms with E-state index >= 15 is 0 Å². The number of hydrogen-bond acceptors (Lipinski definition) is 5. The summed E-state index contributed by atoms with van der Waals surface area (Å²) in [7, 11) is 1.73. The van der Waals surface area contributed by atoms with Gasteiger partial charge >= 0.3 is 0 Å². The molecule has 0 aliphatic carbocycles. The monoisotopic (exact) mass is 343 g/mol. The van der Waals surface area contributed by atoms with Crippen LogP contribution in [-0.4, -0.2) is 27.8 Å². The van der Waals surface area contributed by atoms with Gasteiger partial charge in [0, 0.05) is 19.8 Å². The van der Waals surface area contributed by atoms with Crippen LogP contribution in [0.2, 0.25) is 0 Å². The lowest BCUT2D eigenvalue weighted by Gasteiger charge is -2.17. The van der Waals surface area contributed by atoms with Crippen LogP contribution in [-0.2, 0) is 6.54 Å². The van der Waals surface area contributed by atoms with Crippen LogP contribution in [0, 0.1) is 11.3 Å². The third-order valence-corrected chi connectivity index (χ3v) is 3.78. The average molecular weight is 343 g/mol. The molecule has 0 saturated heterocycles. The number of carbonyl (C=O) groups excluding carboxylic acids is 1. The highest BCUT2D eigenvalue weighted by molar-refractivity contribution is 5.92. The van der Waals surface area contributed by atoms with E-state index in [4.69, 9.17) is 5.26 Å². The zero-order valence-electron chi connectivity index (χ0n) is 14.3. The zero-order chi connectivity index (χ0) is 18.4. The van der Waals surface area contributed by atoms with E-state index in [2.05, 4.69) is 21.4 Å². The Bertz CT molecular complexity index is 950. The summed E-state index contributed by atoms with van der Waals surface area (Å²) < 4.78 is 0. The first kappa shape index (κ1) is 17.1. The Morgan fingerprint density at radius 2 is 1.85 bits per heavy atom. The normalized spacial score (nSPS) is 10.0. The van der Waals surface area contributed by atoms with Gasteiger partial charge in [-0.2, -0.15) is 5.26 Å². The van der Waals surface area contributed by atoms with Gasteiger partial charge in [0.05, 0.1) is 11.3 Å². The van der Waals surface area contributed by atoms with Crippen molar-refractivity contribution in [3.63, 3.8) is 0 Å². The number of benzene rings is 2. The van der Waals surface area contributed by atoms with Crippen LogP contribution in [0.25, 0.3) is 0 Å². The lowest BCUT2D eigenvalue weighted by atomic mass is 10.2. The SMILES string of the molecule is CN(Cc1ccccc1)C(=O)c1ccnc(Nc2ccccc2C#N)n1. The maximum Gasteiger partial charge on any atom is 0.272 e. The summed E-state index contributed by atoms with van der Waals surface area (Å²) in [5, 5.41) is 12.2. The molecule has 1 heterocycles. The van der Waals surface area contributed by atoms with Crippen molar-refractivity contribution in [2.24, 2.45) is 0 Å². The highest BCUT2D eigenvalue weighted by Crippen LogP contribution is 2.18. The van der Waals surface area contributed by atoms with E-state index in [9.17, 15) is 4.79 Å². The van der Waals surface area contributed by atoms with Crippen molar-refractivity contribution in [2.45, 2.75) is 6.54 Å². The summed E-state index contributed by atoms with van der Waals surface area (Å²) in [5.74, 6) is 0.0690. The molecule has 6 heteroatoms. The van der Waals surface area contributed by atoms with Crippen LogP contribution in [0.3, 0.4) is 0 Å². The summed E-state index contributed by atoms with van der Waals surface area (Å²) in [6, 6.07) is 20.5. The standard InChI is InChI=1S/C20H17N5O/c1-25(14-15-7-3-2-4-8-15)19(26)18-11-12-22-20(24-18)23-17-10-6-5-9-16(17)13-21/h2-12H,14H2,1H3,(H,22,23,24). The molecule has 1 N–H and O–H groups in total. The molecule has 26 heavy (non-hydrogen) atoms. The Hall–Kier alpha value is -3.72. The van der Waals surface area contributed by atoms with Crippen LogP contribution in [0.4, 0.5) is 11.6 Å². The lowest BCUT2D eigenvalue weighted by Crippen LogP contribution is -2.27. The highest BCUT2D eigenvalue weighted by atomic mass is 16.2. The molecule has 0 fully saturated rings. The maximum absolute atomic E-state index is 12.6. The first-order valence-corrected chi connectivity index (χ1v) is 8.06. The molecule has 2 aromatic carbocycles. The molecule has 1 aromatic heterocycles. The van der Waals surface area contributed by atoms with E-state index in [-0.39, 0.29) is 17.5 Å². The molecule has 0 unspecified atom stereocenters. The number of rotatable bonds is 5. The van der Waals surface area contributed by atoms with Gasteiger partial charge in [-0.3, -0.25) is 4.79 Å². The predicted octanol–water partition coefficient (Wildman–Crippen LogP) is 3.36. The fraction of sp³-hybridized carbons (Fsp3) is 0.100. The van der Waals surface area contributed by atoms with Gasteiger partial charge in [0.2, 0.25) is 5.95 Å². The van der Waals surface area contributed by atoms with Gasteiger partial charge in [0.15, 0.2) is 0 Å². The molecule has 0 spiro atoms. The Morgan fingerprint density at radius 3 is 2.62 bits per heavy atom. The summed E-state index contributed by atoms with van der Waals surface area (Å²) in [4.78, 5) is 22.7. The Morgan fingerprint density at radius 1 is 1.12 bits per heavy atom. The number of carbonyl (C=O) groups is 1. The molecule has 6 nitrogen and oxygen atoms in total. The minimum atomic E-state index is -0.201. The largest absolute Gasteiger partial charge is 0.336 e. The number of anilines is 2. The second kappa shape index (κ2) is 7.90. The van der Waals surface area contributed by atoms with E-state index in [0.717, 1.165) is 5.56 Å². The second-order valence-electron chi connectivity index (χ2n) is 5.69. The van der Waals surface area contributed by atoms with E-state index in [0.29, 0.717) is 17.8 Å². The number of nitrogens with zero attached hydrogens (tertiary/aromatic N) is 4. The molecule has 1 amide bonds. The molecule has 0 radical (unpaired) electrons. The van der Waals surface area contributed by atoms with Gasteiger partial charge < -0.3 is 10.2 Å². The minimum absolute atomic E-state index is 0.201. The fourth-order valence-corrected chi connectivity index (χ4v) is 2.47. The van der Waals surface area contributed by atoms with Gasteiger partial charge in [-0.15, -0.1) is 0 Å². The molecule has 0 saturated carbocycles. The average Bonchev–Trinajstić information content (AvgIpc) is 2.69.